The summed E-state index contributed by atoms with van der Waals surface area (Å²) < 4.78 is 0. The van der Waals surface area contributed by atoms with Gasteiger partial charge in [0.05, 0.1) is 0 Å². The number of nitrogens with one attached hydrogen (secondary N) is 1. The summed E-state index contributed by atoms with van der Waals surface area (Å²) in [6.07, 6.45) is 8.86. The molecule has 3 nitrogen and oxygen atoms in total. The molecular weight excluding hydrogens is 222 g/mol. The van der Waals surface area contributed by atoms with Crippen molar-refractivity contribution in [2.24, 2.45) is 15.4 Å². The van der Waals surface area contributed by atoms with E-state index in [1.807, 2.05) is 26.3 Å². The van der Waals surface area contributed by atoms with E-state index in [0.29, 0.717) is 5.41 Å². The van der Waals surface area contributed by atoms with E-state index in [2.05, 4.69) is 28.8 Å². The zero-order valence-corrected chi connectivity index (χ0v) is 11.9. The van der Waals surface area contributed by atoms with Crippen molar-refractivity contribution in [3.63, 3.8) is 0 Å². The molecule has 1 N–H and O–H groups in total. The molecule has 0 aromatic heterocycles. The second kappa shape index (κ2) is 7.27. The maximum Gasteiger partial charge on any atom is 0.0453 e. The Morgan fingerprint density at radius 2 is 2.39 bits per heavy atom. The average molecular weight is 247 g/mol. The predicted molar refractivity (Wildman–Crippen MR) is 80.6 cm³/mol. The monoisotopic (exact) mass is 247 g/mol. The van der Waals surface area contributed by atoms with Crippen LogP contribution in [0.5, 0.6) is 0 Å². The lowest BCUT2D eigenvalue weighted by Crippen LogP contribution is -2.26. The van der Waals surface area contributed by atoms with Gasteiger partial charge in [-0.2, -0.15) is 0 Å². The molecule has 100 valence electrons. The van der Waals surface area contributed by atoms with E-state index in [-0.39, 0.29) is 0 Å². The summed E-state index contributed by atoms with van der Waals surface area (Å²) >= 11 is 0. The Hall–Kier alpha value is -1.22. The van der Waals surface area contributed by atoms with Crippen LogP contribution in [0.2, 0.25) is 0 Å². The molecule has 1 rings (SSSR count). The summed E-state index contributed by atoms with van der Waals surface area (Å²) in [6, 6.07) is 0. The number of rotatable bonds is 7. The van der Waals surface area contributed by atoms with Crippen molar-refractivity contribution >= 4 is 11.9 Å². The van der Waals surface area contributed by atoms with Crippen LogP contribution in [0.4, 0.5) is 0 Å². The largest absolute Gasteiger partial charge is 0.320 e. The number of allylic oxidation sites excluding steroid dienone is 2. The van der Waals surface area contributed by atoms with Gasteiger partial charge in [0.25, 0.3) is 0 Å². The first kappa shape index (κ1) is 14.8. The van der Waals surface area contributed by atoms with E-state index in [0.717, 1.165) is 30.8 Å². The Balaban J connectivity index is 2.59. The highest BCUT2D eigenvalue weighted by atomic mass is 14.8. The fraction of sp³-hybridized carbons (Fsp3) is 0.600. The Morgan fingerprint density at radius 1 is 1.61 bits per heavy atom. The molecule has 1 aliphatic heterocycles. The van der Waals surface area contributed by atoms with Gasteiger partial charge in [0, 0.05) is 30.2 Å². The first-order chi connectivity index (χ1) is 8.67. The lowest BCUT2D eigenvalue weighted by Gasteiger charge is -2.26. The van der Waals surface area contributed by atoms with Gasteiger partial charge < -0.3 is 5.32 Å². The molecule has 3 heteroatoms. The normalized spacial score (nSPS) is 24.1. The minimum Gasteiger partial charge on any atom is -0.320 e. The van der Waals surface area contributed by atoms with Crippen LogP contribution in [0.15, 0.2) is 34.4 Å². The van der Waals surface area contributed by atoms with E-state index < -0.39 is 0 Å². The number of hydrogen-bond acceptors (Lipinski definition) is 3. The van der Waals surface area contributed by atoms with Crippen LogP contribution in [-0.2, 0) is 0 Å². The third-order valence-electron chi connectivity index (χ3n) is 3.64. The van der Waals surface area contributed by atoms with Crippen molar-refractivity contribution in [1.82, 2.24) is 5.32 Å². The summed E-state index contributed by atoms with van der Waals surface area (Å²) in [5.74, 6) is 0. The molecule has 1 atom stereocenters. The molecule has 1 heterocycles. The van der Waals surface area contributed by atoms with Crippen molar-refractivity contribution in [2.75, 3.05) is 20.1 Å². The van der Waals surface area contributed by atoms with Crippen molar-refractivity contribution < 1.29 is 0 Å². The summed E-state index contributed by atoms with van der Waals surface area (Å²) in [7, 11) is 2.00. The smallest absolute Gasteiger partial charge is 0.0453 e. The van der Waals surface area contributed by atoms with Crippen molar-refractivity contribution in [3.05, 3.63) is 24.4 Å². The molecule has 0 radical (unpaired) electrons. The van der Waals surface area contributed by atoms with Gasteiger partial charge in [-0.1, -0.05) is 19.6 Å². The molecule has 0 aliphatic carbocycles. The zero-order valence-electron chi connectivity index (χ0n) is 11.9. The van der Waals surface area contributed by atoms with E-state index in [4.69, 9.17) is 0 Å². The molecule has 1 aliphatic rings. The van der Waals surface area contributed by atoms with Crippen LogP contribution < -0.4 is 5.32 Å². The first-order valence-electron chi connectivity index (χ1n) is 6.69. The summed E-state index contributed by atoms with van der Waals surface area (Å²) in [5.41, 5.74) is 2.41. The van der Waals surface area contributed by atoms with E-state index in [1.165, 1.54) is 12.8 Å². The first-order valence-corrected chi connectivity index (χ1v) is 6.69. The van der Waals surface area contributed by atoms with E-state index in [1.54, 1.807) is 6.20 Å². The van der Waals surface area contributed by atoms with Gasteiger partial charge in [-0.25, -0.2) is 0 Å². The van der Waals surface area contributed by atoms with Gasteiger partial charge in [-0.3, -0.25) is 9.98 Å². The molecule has 1 unspecified atom stereocenters. The topological polar surface area (TPSA) is 36.8 Å². The molecule has 0 saturated heterocycles. The van der Waals surface area contributed by atoms with Gasteiger partial charge in [0.1, 0.15) is 0 Å². The van der Waals surface area contributed by atoms with Crippen LogP contribution in [-0.4, -0.2) is 32.1 Å². The third kappa shape index (κ3) is 3.91. The average Bonchev–Trinajstić information content (AvgIpc) is 2.82. The highest BCUT2D eigenvalue weighted by Gasteiger charge is 2.34. The highest BCUT2D eigenvalue weighted by Crippen LogP contribution is 2.36. The van der Waals surface area contributed by atoms with Crippen LogP contribution in [0, 0.1) is 5.41 Å². The number of hydrogen-bond donors (Lipinski definition) is 1. The molecule has 0 amide bonds. The van der Waals surface area contributed by atoms with Crippen molar-refractivity contribution in [1.29, 1.82) is 0 Å². The Bertz CT molecular complexity index is 366. The van der Waals surface area contributed by atoms with E-state index >= 15 is 0 Å². The molecule has 0 saturated carbocycles. The number of nitrogens with zero attached hydrogens (tertiary/aromatic N) is 2. The minimum atomic E-state index is 0.329. The standard InChI is InChI=1S/C15H25N3/c1-5-8-17-11-13(3)14-10-15(6-2,12-18-14)7-9-16-4/h5,8,11,16H,3,6-7,9-10,12H2,1-2,4H3/b8-5-,17-11-. The molecule has 0 aromatic carbocycles. The summed E-state index contributed by atoms with van der Waals surface area (Å²) in [6.45, 7) is 10.2. The lowest BCUT2D eigenvalue weighted by atomic mass is 9.78. The minimum absolute atomic E-state index is 0.329. The maximum atomic E-state index is 4.67. The van der Waals surface area contributed by atoms with Gasteiger partial charge >= 0.3 is 0 Å². The third-order valence-corrected chi connectivity index (χ3v) is 3.64. The predicted octanol–water partition coefficient (Wildman–Crippen LogP) is 3.00. The quantitative estimate of drug-likeness (QED) is 0.690. The molecule has 0 spiro atoms. The zero-order chi connectivity index (χ0) is 13.4. The molecule has 18 heavy (non-hydrogen) atoms. The second-order valence-electron chi connectivity index (χ2n) is 4.93. The fourth-order valence-electron chi connectivity index (χ4n) is 2.21. The summed E-state index contributed by atoms with van der Waals surface area (Å²) in [5, 5.41) is 3.23. The van der Waals surface area contributed by atoms with Crippen molar-refractivity contribution in [2.45, 2.75) is 33.1 Å². The van der Waals surface area contributed by atoms with Gasteiger partial charge in [-0.15, -0.1) is 0 Å². The SMILES string of the molecule is C=C(/C=N\C=C/C)C1=NCC(CC)(CCNC)C1. The van der Waals surface area contributed by atoms with Crippen LogP contribution in [0.1, 0.15) is 33.1 Å². The Kier molecular flexibility index (Phi) is 5.99. The summed E-state index contributed by atoms with van der Waals surface area (Å²) in [4.78, 5) is 8.84. The van der Waals surface area contributed by atoms with Crippen molar-refractivity contribution in [3.8, 4) is 0 Å². The van der Waals surface area contributed by atoms with Gasteiger partial charge in [0.2, 0.25) is 0 Å². The maximum absolute atomic E-state index is 4.67. The van der Waals surface area contributed by atoms with Gasteiger partial charge in [-0.05, 0) is 45.2 Å². The Morgan fingerprint density at radius 3 is 3.00 bits per heavy atom. The second-order valence-corrected chi connectivity index (χ2v) is 4.93. The fourth-order valence-corrected chi connectivity index (χ4v) is 2.21. The van der Waals surface area contributed by atoms with Crippen LogP contribution in [0.3, 0.4) is 0 Å². The molecular formula is C15H25N3. The number of aliphatic imine (C=N–C) groups is 2. The Labute approximate surface area is 111 Å². The lowest BCUT2D eigenvalue weighted by molar-refractivity contribution is 0.289. The molecule has 0 aromatic rings. The van der Waals surface area contributed by atoms with E-state index in [9.17, 15) is 0 Å². The van der Waals surface area contributed by atoms with Gasteiger partial charge in [0.15, 0.2) is 0 Å². The highest BCUT2D eigenvalue weighted by molar-refractivity contribution is 6.16. The van der Waals surface area contributed by atoms with Crippen LogP contribution >= 0.6 is 0 Å². The molecule has 0 fully saturated rings. The molecule has 0 bridgehead atoms. The van der Waals surface area contributed by atoms with Crippen LogP contribution in [0.25, 0.3) is 0 Å².